The Morgan fingerprint density at radius 2 is 1.55 bits per heavy atom. The summed E-state index contributed by atoms with van der Waals surface area (Å²) < 4.78 is 95.1. The van der Waals surface area contributed by atoms with Gasteiger partial charge in [0, 0.05) is 44.5 Å². The molecule has 2 aromatic rings. The minimum Gasteiger partial charge on any atom is -0.347 e. The van der Waals surface area contributed by atoms with Gasteiger partial charge in [0.1, 0.15) is 0 Å². The Labute approximate surface area is 237 Å². The van der Waals surface area contributed by atoms with E-state index in [2.05, 4.69) is 20.6 Å². The van der Waals surface area contributed by atoms with Crippen molar-refractivity contribution in [2.24, 2.45) is 29.6 Å². The number of nitrogens with one attached hydrogen (secondary N) is 2. The molecule has 4 atom stereocenters. The number of halogens is 7. The predicted molar refractivity (Wildman–Crippen MR) is 134 cm³/mol. The maximum Gasteiger partial charge on any atom is 0.392 e. The number of hydrogen-bond acceptors (Lipinski definition) is 4. The van der Waals surface area contributed by atoms with Crippen molar-refractivity contribution in [3.05, 3.63) is 29.8 Å². The number of amides is 2. The SMILES string of the molecule is O=C(CC1CC(F)(F)C1)N[C@@H](c1ccn2cc([C@@H](NC(=O)[C@@H]3C[C@H]3C(F)(F)F)C3CCC(F)(F)CC3)nc2n1)C1CC1. The van der Waals surface area contributed by atoms with Crippen LogP contribution in [0.3, 0.4) is 0 Å². The fraction of sp³-hybridized carbons (Fsp3) is 0.714. The fourth-order valence-electron chi connectivity index (χ4n) is 6.45. The highest BCUT2D eigenvalue weighted by Gasteiger charge is 2.59. The number of carbonyl (C=O) groups is 2. The van der Waals surface area contributed by atoms with Gasteiger partial charge in [-0.1, -0.05) is 0 Å². The van der Waals surface area contributed by atoms with Crippen molar-refractivity contribution in [1.82, 2.24) is 25.0 Å². The van der Waals surface area contributed by atoms with Gasteiger partial charge in [-0.25, -0.2) is 27.5 Å². The van der Waals surface area contributed by atoms with Gasteiger partial charge in [0.15, 0.2) is 0 Å². The van der Waals surface area contributed by atoms with Crippen LogP contribution in [0.15, 0.2) is 18.5 Å². The molecule has 2 N–H and O–H groups in total. The van der Waals surface area contributed by atoms with E-state index in [9.17, 15) is 40.3 Å². The third-order valence-corrected chi connectivity index (χ3v) is 9.14. The Morgan fingerprint density at radius 1 is 0.929 bits per heavy atom. The van der Waals surface area contributed by atoms with Gasteiger partial charge in [-0.2, -0.15) is 13.2 Å². The zero-order valence-corrected chi connectivity index (χ0v) is 22.6. The molecule has 230 valence electrons. The van der Waals surface area contributed by atoms with Crippen molar-refractivity contribution in [1.29, 1.82) is 0 Å². The quantitative estimate of drug-likeness (QED) is 0.349. The van der Waals surface area contributed by atoms with Gasteiger partial charge in [-0.05, 0) is 55.9 Å². The molecule has 7 nitrogen and oxygen atoms in total. The van der Waals surface area contributed by atoms with Crippen LogP contribution < -0.4 is 10.6 Å². The van der Waals surface area contributed by atoms with Crippen LogP contribution in [0.25, 0.3) is 5.78 Å². The average Bonchev–Trinajstić information content (AvgIpc) is 3.80. The van der Waals surface area contributed by atoms with Crippen LogP contribution in [-0.2, 0) is 9.59 Å². The molecule has 4 fully saturated rings. The molecule has 0 bridgehead atoms. The molecule has 0 unspecified atom stereocenters. The molecule has 0 aliphatic heterocycles. The normalized spacial score (nSPS) is 27.2. The van der Waals surface area contributed by atoms with E-state index >= 15 is 0 Å². The first kappa shape index (κ1) is 29.2. The van der Waals surface area contributed by atoms with Gasteiger partial charge in [0.05, 0.1) is 35.3 Å². The Morgan fingerprint density at radius 3 is 2.14 bits per heavy atom. The molecule has 0 spiro atoms. The van der Waals surface area contributed by atoms with Crippen molar-refractivity contribution in [2.75, 3.05) is 0 Å². The Balaban J connectivity index is 1.20. The molecule has 0 aromatic carbocycles. The minimum absolute atomic E-state index is 0.00653. The molecule has 4 saturated carbocycles. The highest BCUT2D eigenvalue weighted by atomic mass is 19.4. The molecular weight excluding hydrogens is 571 g/mol. The number of alkyl halides is 7. The summed E-state index contributed by atoms with van der Waals surface area (Å²) in [6.45, 7) is 0. The van der Waals surface area contributed by atoms with Gasteiger partial charge in [0.25, 0.3) is 0 Å². The van der Waals surface area contributed by atoms with Crippen LogP contribution in [0, 0.1) is 29.6 Å². The second-order valence-corrected chi connectivity index (χ2v) is 12.6. The van der Waals surface area contributed by atoms with Gasteiger partial charge < -0.3 is 10.6 Å². The molecule has 2 heterocycles. The molecule has 6 rings (SSSR count). The molecule has 4 aliphatic rings. The third kappa shape index (κ3) is 6.36. The lowest BCUT2D eigenvalue weighted by molar-refractivity contribution is -0.155. The standard InChI is InChI=1S/C28H32F7N5O2/c29-26(30)6-3-16(4-7-26)23(39-24(42)17-10-18(17)28(33,34)35)20-13-40-8-5-19(36-25(40)37-20)22(15-1-2-15)38-21(41)9-14-11-27(31,32)12-14/h5,8,13-18,22-23H,1-4,6-7,9-12H2,(H,38,41)(H,39,42)/t17-,18-,22-,23+/m1/s1. The van der Waals surface area contributed by atoms with E-state index in [0.717, 1.165) is 12.8 Å². The van der Waals surface area contributed by atoms with Crippen molar-refractivity contribution in [3.8, 4) is 0 Å². The van der Waals surface area contributed by atoms with Crippen molar-refractivity contribution in [3.63, 3.8) is 0 Å². The average molecular weight is 604 g/mol. The number of aromatic nitrogens is 3. The smallest absolute Gasteiger partial charge is 0.347 e. The van der Waals surface area contributed by atoms with E-state index in [1.165, 1.54) is 0 Å². The van der Waals surface area contributed by atoms with E-state index in [4.69, 9.17) is 0 Å². The van der Waals surface area contributed by atoms with Gasteiger partial charge >= 0.3 is 6.18 Å². The Bertz CT molecular complexity index is 1340. The Kier molecular flexibility index (Phi) is 7.19. The topological polar surface area (TPSA) is 88.4 Å². The largest absolute Gasteiger partial charge is 0.392 e. The summed E-state index contributed by atoms with van der Waals surface area (Å²) in [7, 11) is 0. The van der Waals surface area contributed by atoms with Crippen LogP contribution >= 0.6 is 0 Å². The molecular formula is C28H32F7N5O2. The summed E-state index contributed by atoms with van der Waals surface area (Å²) in [4.78, 5) is 34.6. The van der Waals surface area contributed by atoms with E-state index in [-0.39, 0.29) is 62.0 Å². The highest BCUT2D eigenvalue weighted by molar-refractivity contribution is 5.82. The molecule has 0 radical (unpaired) electrons. The summed E-state index contributed by atoms with van der Waals surface area (Å²) in [6, 6.07) is 0.396. The van der Waals surface area contributed by atoms with Crippen LogP contribution in [0.1, 0.15) is 87.7 Å². The van der Waals surface area contributed by atoms with Gasteiger partial charge in [-0.3, -0.25) is 14.0 Å². The van der Waals surface area contributed by atoms with Crippen molar-refractivity contribution < 1.29 is 40.3 Å². The van der Waals surface area contributed by atoms with E-state index in [1.807, 2.05) is 0 Å². The van der Waals surface area contributed by atoms with Crippen LogP contribution in [-0.4, -0.2) is 44.2 Å². The number of fused-ring (bicyclic) bond motifs is 1. The summed E-state index contributed by atoms with van der Waals surface area (Å²) in [5, 5.41) is 5.62. The number of carbonyl (C=O) groups excluding carboxylic acids is 2. The lowest BCUT2D eigenvalue weighted by Gasteiger charge is -2.34. The van der Waals surface area contributed by atoms with Gasteiger partial charge in [0.2, 0.25) is 29.4 Å². The van der Waals surface area contributed by atoms with Gasteiger partial charge in [-0.15, -0.1) is 0 Å². The van der Waals surface area contributed by atoms with Crippen LogP contribution in [0.5, 0.6) is 0 Å². The summed E-state index contributed by atoms with van der Waals surface area (Å²) in [5.74, 6) is -10.0. The molecule has 14 heteroatoms. The van der Waals surface area contributed by atoms with E-state index < -0.39 is 66.6 Å². The summed E-state index contributed by atoms with van der Waals surface area (Å²) in [5.41, 5.74) is 0.837. The molecule has 42 heavy (non-hydrogen) atoms. The summed E-state index contributed by atoms with van der Waals surface area (Å²) in [6.07, 6.45) is -1.07. The van der Waals surface area contributed by atoms with Crippen LogP contribution in [0.4, 0.5) is 30.7 Å². The van der Waals surface area contributed by atoms with E-state index in [0.29, 0.717) is 11.4 Å². The van der Waals surface area contributed by atoms with E-state index in [1.54, 1.807) is 22.9 Å². The highest BCUT2D eigenvalue weighted by Crippen LogP contribution is 2.51. The number of nitrogens with zero attached hydrogens (tertiary/aromatic N) is 3. The van der Waals surface area contributed by atoms with Crippen LogP contribution in [0.2, 0.25) is 0 Å². The minimum atomic E-state index is -4.48. The third-order valence-electron chi connectivity index (χ3n) is 9.14. The summed E-state index contributed by atoms with van der Waals surface area (Å²) >= 11 is 0. The zero-order chi connectivity index (χ0) is 30.0. The van der Waals surface area contributed by atoms with Crippen molar-refractivity contribution in [2.45, 2.75) is 94.3 Å². The molecule has 4 aliphatic carbocycles. The zero-order valence-electron chi connectivity index (χ0n) is 22.6. The first-order valence-corrected chi connectivity index (χ1v) is 14.5. The Hall–Kier alpha value is -2.93. The maximum atomic E-state index is 13.9. The predicted octanol–water partition coefficient (Wildman–Crippen LogP) is 5.91. The molecule has 2 amide bonds. The lowest BCUT2D eigenvalue weighted by Crippen LogP contribution is -2.39. The number of rotatable bonds is 9. The molecule has 2 aromatic heterocycles. The fourth-order valence-corrected chi connectivity index (χ4v) is 6.45. The monoisotopic (exact) mass is 603 g/mol. The number of imidazole rings is 1. The number of hydrogen-bond donors (Lipinski definition) is 2. The van der Waals surface area contributed by atoms with Crippen molar-refractivity contribution >= 4 is 17.6 Å². The molecule has 0 saturated heterocycles. The maximum absolute atomic E-state index is 13.9. The second-order valence-electron chi connectivity index (χ2n) is 12.6. The first-order valence-electron chi connectivity index (χ1n) is 14.5. The first-order chi connectivity index (χ1) is 19.7. The lowest BCUT2D eigenvalue weighted by atomic mass is 9.79. The second kappa shape index (κ2) is 10.4.